The second kappa shape index (κ2) is 5.19. The summed E-state index contributed by atoms with van der Waals surface area (Å²) in [4.78, 5) is 11.3. The van der Waals surface area contributed by atoms with Crippen LogP contribution in [0.15, 0.2) is 0 Å². The van der Waals surface area contributed by atoms with Crippen molar-refractivity contribution in [3.8, 4) is 0 Å². The van der Waals surface area contributed by atoms with E-state index >= 15 is 0 Å². The molecule has 0 amide bonds. The Hall–Kier alpha value is -0.610. The molecule has 0 aromatic carbocycles. The average molecular weight is 188 g/mol. The molecule has 0 aromatic rings. The lowest BCUT2D eigenvalue weighted by Gasteiger charge is -2.20. The van der Waals surface area contributed by atoms with Crippen molar-refractivity contribution in [3.63, 3.8) is 0 Å². The van der Waals surface area contributed by atoms with Crippen molar-refractivity contribution < 1.29 is 9.53 Å². The topological polar surface area (TPSA) is 64.3 Å². The van der Waals surface area contributed by atoms with Gasteiger partial charge in [0.25, 0.3) is 0 Å². The standard InChI is InChI=1S/C9H20N2O2/c1-7(6-11-10)5-8(12)13-9(2,3)4/h7,11H,5-6,10H2,1-4H3. The zero-order valence-corrected chi connectivity index (χ0v) is 8.89. The second-order valence-corrected chi connectivity index (χ2v) is 4.30. The van der Waals surface area contributed by atoms with E-state index in [2.05, 4.69) is 5.43 Å². The number of hydrazine groups is 1. The third-order valence-electron chi connectivity index (χ3n) is 1.40. The molecule has 13 heavy (non-hydrogen) atoms. The van der Waals surface area contributed by atoms with Crippen molar-refractivity contribution in [2.45, 2.75) is 39.7 Å². The quantitative estimate of drug-likeness (QED) is 0.389. The summed E-state index contributed by atoms with van der Waals surface area (Å²) in [7, 11) is 0. The minimum atomic E-state index is -0.396. The third kappa shape index (κ3) is 7.74. The first kappa shape index (κ1) is 12.4. The van der Waals surface area contributed by atoms with Crippen molar-refractivity contribution in [2.75, 3.05) is 6.54 Å². The van der Waals surface area contributed by atoms with Crippen LogP contribution < -0.4 is 11.3 Å². The first-order chi connectivity index (χ1) is 5.85. The molecule has 0 aliphatic heterocycles. The highest BCUT2D eigenvalue weighted by Gasteiger charge is 2.17. The summed E-state index contributed by atoms with van der Waals surface area (Å²) < 4.78 is 5.15. The number of hydrogen-bond donors (Lipinski definition) is 2. The van der Waals surface area contributed by atoms with Crippen LogP contribution in [0, 0.1) is 5.92 Å². The second-order valence-electron chi connectivity index (χ2n) is 4.30. The van der Waals surface area contributed by atoms with Gasteiger partial charge in [0.05, 0.1) is 0 Å². The monoisotopic (exact) mass is 188 g/mol. The summed E-state index contributed by atoms with van der Waals surface area (Å²) in [5, 5.41) is 0. The van der Waals surface area contributed by atoms with E-state index in [1.807, 2.05) is 27.7 Å². The van der Waals surface area contributed by atoms with Crippen molar-refractivity contribution in [1.82, 2.24) is 5.43 Å². The van der Waals surface area contributed by atoms with Gasteiger partial charge in [-0.2, -0.15) is 0 Å². The van der Waals surface area contributed by atoms with Crippen LogP contribution >= 0.6 is 0 Å². The molecule has 0 heterocycles. The van der Waals surface area contributed by atoms with E-state index in [1.54, 1.807) is 0 Å². The molecule has 0 spiro atoms. The van der Waals surface area contributed by atoms with Crippen molar-refractivity contribution in [1.29, 1.82) is 0 Å². The summed E-state index contributed by atoms with van der Waals surface area (Å²) in [6, 6.07) is 0. The Kier molecular flexibility index (Phi) is 4.95. The maximum absolute atomic E-state index is 11.3. The van der Waals surface area contributed by atoms with E-state index in [0.717, 1.165) is 0 Å². The normalized spacial score (nSPS) is 13.9. The average Bonchev–Trinajstić information content (AvgIpc) is 1.81. The minimum absolute atomic E-state index is 0.171. The molecule has 0 rings (SSSR count). The van der Waals surface area contributed by atoms with Gasteiger partial charge in [-0.05, 0) is 26.7 Å². The van der Waals surface area contributed by atoms with Crippen LogP contribution in [0.5, 0.6) is 0 Å². The maximum Gasteiger partial charge on any atom is 0.306 e. The van der Waals surface area contributed by atoms with E-state index in [0.29, 0.717) is 13.0 Å². The fourth-order valence-corrected chi connectivity index (χ4v) is 0.941. The Bertz CT molecular complexity index is 163. The highest BCUT2D eigenvalue weighted by atomic mass is 16.6. The van der Waals surface area contributed by atoms with E-state index in [9.17, 15) is 4.79 Å². The molecule has 0 saturated carbocycles. The van der Waals surface area contributed by atoms with Gasteiger partial charge in [-0.3, -0.25) is 16.1 Å². The lowest BCUT2D eigenvalue weighted by molar-refractivity contribution is -0.155. The van der Waals surface area contributed by atoms with Gasteiger partial charge >= 0.3 is 5.97 Å². The number of hydrogen-bond acceptors (Lipinski definition) is 4. The molecular weight excluding hydrogens is 168 g/mol. The number of carbonyl (C=O) groups excluding carboxylic acids is 1. The molecule has 0 aliphatic rings. The highest BCUT2D eigenvalue weighted by Crippen LogP contribution is 2.10. The Balaban J connectivity index is 3.74. The van der Waals surface area contributed by atoms with Crippen molar-refractivity contribution in [2.24, 2.45) is 11.8 Å². The largest absolute Gasteiger partial charge is 0.460 e. The molecule has 1 unspecified atom stereocenters. The molecule has 4 heteroatoms. The Morgan fingerprint density at radius 2 is 2.08 bits per heavy atom. The van der Waals surface area contributed by atoms with Crippen LogP contribution in [-0.2, 0) is 9.53 Å². The molecule has 4 nitrogen and oxygen atoms in total. The zero-order chi connectivity index (χ0) is 10.5. The van der Waals surface area contributed by atoms with Crippen LogP contribution in [0.4, 0.5) is 0 Å². The van der Waals surface area contributed by atoms with Crippen molar-refractivity contribution in [3.05, 3.63) is 0 Å². The van der Waals surface area contributed by atoms with Crippen molar-refractivity contribution >= 4 is 5.97 Å². The summed E-state index contributed by atoms with van der Waals surface area (Å²) in [6.07, 6.45) is 0.404. The SMILES string of the molecule is CC(CNN)CC(=O)OC(C)(C)C. The number of nitrogens with two attached hydrogens (primary N) is 1. The van der Waals surface area contributed by atoms with Gasteiger partial charge in [-0.1, -0.05) is 6.92 Å². The maximum atomic E-state index is 11.3. The third-order valence-corrected chi connectivity index (χ3v) is 1.40. The van der Waals surface area contributed by atoms with Crippen LogP contribution in [0.25, 0.3) is 0 Å². The number of esters is 1. The Morgan fingerprint density at radius 3 is 2.46 bits per heavy atom. The number of carbonyl (C=O) groups is 1. The van der Waals surface area contributed by atoms with E-state index in [-0.39, 0.29) is 11.9 Å². The molecule has 0 radical (unpaired) electrons. The fraction of sp³-hybridized carbons (Fsp3) is 0.889. The lowest BCUT2D eigenvalue weighted by atomic mass is 10.1. The van der Waals surface area contributed by atoms with Gasteiger partial charge in [0.2, 0.25) is 0 Å². The molecule has 0 fully saturated rings. The van der Waals surface area contributed by atoms with Gasteiger partial charge < -0.3 is 4.74 Å². The van der Waals surface area contributed by atoms with Gasteiger partial charge in [-0.15, -0.1) is 0 Å². The molecular formula is C9H20N2O2. The van der Waals surface area contributed by atoms with E-state index < -0.39 is 5.60 Å². The lowest BCUT2D eigenvalue weighted by Crippen LogP contribution is -2.30. The summed E-state index contributed by atoms with van der Waals surface area (Å²) in [6.45, 7) is 8.15. The zero-order valence-electron chi connectivity index (χ0n) is 8.89. The van der Waals surface area contributed by atoms with Crippen LogP contribution in [0.1, 0.15) is 34.1 Å². The van der Waals surface area contributed by atoms with Crippen LogP contribution in [0.2, 0.25) is 0 Å². The minimum Gasteiger partial charge on any atom is -0.460 e. The number of rotatable bonds is 4. The van der Waals surface area contributed by atoms with E-state index in [4.69, 9.17) is 10.6 Å². The first-order valence-electron chi connectivity index (χ1n) is 4.50. The predicted molar refractivity (Wildman–Crippen MR) is 51.8 cm³/mol. The van der Waals surface area contributed by atoms with Crippen LogP contribution in [-0.4, -0.2) is 18.1 Å². The molecule has 0 saturated heterocycles. The van der Waals surface area contributed by atoms with Gasteiger partial charge in [0.15, 0.2) is 0 Å². The highest BCUT2D eigenvalue weighted by molar-refractivity contribution is 5.70. The number of ether oxygens (including phenoxy) is 1. The van der Waals surface area contributed by atoms with Gasteiger partial charge in [-0.25, -0.2) is 0 Å². The number of nitrogens with one attached hydrogen (secondary N) is 1. The summed E-state index contributed by atoms with van der Waals surface area (Å²) in [5.74, 6) is 5.17. The van der Waals surface area contributed by atoms with E-state index in [1.165, 1.54) is 0 Å². The molecule has 0 aliphatic carbocycles. The smallest absolute Gasteiger partial charge is 0.306 e. The molecule has 0 bridgehead atoms. The molecule has 78 valence electrons. The van der Waals surface area contributed by atoms with Gasteiger partial charge in [0.1, 0.15) is 5.60 Å². The Labute approximate surface area is 79.8 Å². The predicted octanol–water partition coefficient (Wildman–Crippen LogP) is 0.818. The molecule has 0 aromatic heterocycles. The fourth-order valence-electron chi connectivity index (χ4n) is 0.941. The summed E-state index contributed by atoms with van der Waals surface area (Å²) >= 11 is 0. The van der Waals surface area contributed by atoms with Crippen LogP contribution in [0.3, 0.4) is 0 Å². The van der Waals surface area contributed by atoms with Gasteiger partial charge in [0, 0.05) is 13.0 Å². The molecule has 1 atom stereocenters. The summed E-state index contributed by atoms with van der Waals surface area (Å²) in [5.41, 5.74) is 2.13. The first-order valence-corrected chi connectivity index (χ1v) is 4.50. The Morgan fingerprint density at radius 1 is 1.54 bits per heavy atom. The molecule has 3 N–H and O–H groups in total.